The van der Waals surface area contributed by atoms with Crippen LogP contribution >= 0.6 is 0 Å². The fourth-order valence-electron chi connectivity index (χ4n) is 0.818. The molecule has 64 valence electrons. The molecule has 11 heavy (non-hydrogen) atoms. The topological polar surface area (TPSA) is 46.3 Å². The van der Waals surface area contributed by atoms with E-state index < -0.39 is 0 Å². The molecule has 0 aliphatic carbocycles. The number of nitrogens with zero attached hydrogens (tertiary/aromatic N) is 1. The van der Waals surface area contributed by atoms with Gasteiger partial charge in [-0.25, -0.2) is 0 Å². The van der Waals surface area contributed by atoms with Gasteiger partial charge in [0.25, 0.3) is 5.91 Å². The third-order valence-electron chi connectivity index (χ3n) is 1.40. The van der Waals surface area contributed by atoms with Crippen LogP contribution in [-0.4, -0.2) is 24.9 Å². The SMILES string of the molecule is CCCC(=CN)C(=O)N(C)C. The van der Waals surface area contributed by atoms with Crippen LogP contribution in [0.2, 0.25) is 0 Å². The highest BCUT2D eigenvalue weighted by Crippen LogP contribution is 2.05. The first-order chi connectivity index (χ1) is 5.13. The first kappa shape index (κ1) is 10.0. The summed E-state index contributed by atoms with van der Waals surface area (Å²) in [6, 6.07) is 0. The van der Waals surface area contributed by atoms with Crippen molar-refractivity contribution in [1.82, 2.24) is 4.90 Å². The van der Waals surface area contributed by atoms with Crippen molar-refractivity contribution < 1.29 is 4.79 Å². The van der Waals surface area contributed by atoms with E-state index in [0.29, 0.717) is 5.57 Å². The van der Waals surface area contributed by atoms with Crippen molar-refractivity contribution in [3.05, 3.63) is 11.8 Å². The summed E-state index contributed by atoms with van der Waals surface area (Å²) in [7, 11) is 3.45. The smallest absolute Gasteiger partial charge is 0.250 e. The molecule has 2 N–H and O–H groups in total. The highest BCUT2D eigenvalue weighted by Gasteiger charge is 2.08. The largest absolute Gasteiger partial charge is 0.404 e. The number of carbonyl (C=O) groups excluding carboxylic acids is 1. The first-order valence-electron chi connectivity index (χ1n) is 3.75. The van der Waals surface area contributed by atoms with Crippen LogP contribution in [0, 0.1) is 0 Å². The molecule has 0 aromatic carbocycles. The lowest BCUT2D eigenvalue weighted by atomic mass is 10.1. The average Bonchev–Trinajstić information content (AvgIpc) is 1.98. The maximum Gasteiger partial charge on any atom is 0.250 e. The van der Waals surface area contributed by atoms with E-state index in [-0.39, 0.29) is 5.91 Å². The Morgan fingerprint density at radius 3 is 2.36 bits per heavy atom. The van der Waals surface area contributed by atoms with Crippen LogP contribution in [0.5, 0.6) is 0 Å². The van der Waals surface area contributed by atoms with Crippen molar-refractivity contribution in [2.45, 2.75) is 19.8 Å². The van der Waals surface area contributed by atoms with Gasteiger partial charge < -0.3 is 10.6 Å². The van der Waals surface area contributed by atoms with Crippen molar-refractivity contribution in [2.75, 3.05) is 14.1 Å². The zero-order valence-electron chi connectivity index (χ0n) is 7.42. The molecule has 0 rings (SSSR count). The maximum absolute atomic E-state index is 11.2. The van der Waals surface area contributed by atoms with E-state index in [1.807, 2.05) is 6.92 Å². The molecule has 0 heterocycles. The normalized spacial score (nSPS) is 11.4. The van der Waals surface area contributed by atoms with Crippen LogP contribution in [0.3, 0.4) is 0 Å². The monoisotopic (exact) mass is 156 g/mol. The molecular weight excluding hydrogens is 140 g/mol. The molecule has 0 saturated heterocycles. The zero-order chi connectivity index (χ0) is 8.85. The zero-order valence-corrected chi connectivity index (χ0v) is 7.42. The third kappa shape index (κ3) is 3.07. The number of carbonyl (C=O) groups is 1. The molecule has 0 spiro atoms. The molecule has 0 radical (unpaired) electrons. The summed E-state index contributed by atoms with van der Waals surface area (Å²) in [5, 5.41) is 0. The molecular formula is C8H16N2O. The van der Waals surface area contributed by atoms with Crippen molar-refractivity contribution in [3.63, 3.8) is 0 Å². The second-order valence-electron chi connectivity index (χ2n) is 2.64. The van der Waals surface area contributed by atoms with Gasteiger partial charge in [0.2, 0.25) is 0 Å². The summed E-state index contributed by atoms with van der Waals surface area (Å²) >= 11 is 0. The maximum atomic E-state index is 11.2. The van der Waals surface area contributed by atoms with Gasteiger partial charge in [0, 0.05) is 25.9 Å². The van der Waals surface area contributed by atoms with E-state index in [9.17, 15) is 4.79 Å². The first-order valence-corrected chi connectivity index (χ1v) is 3.75. The average molecular weight is 156 g/mol. The quantitative estimate of drug-likeness (QED) is 0.612. The molecule has 1 amide bonds. The molecule has 0 bridgehead atoms. The Hall–Kier alpha value is -0.990. The van der Waals surface area contributed by atoms with Crippen LogP contribution in [-0.2, 0) is 4.79 Å². The van der Waals surface area contributed by atoms with Gasteiger partial charge in [-0.2, -0.15) is 0 Å². The Morgan fingerprint density at radius 2 is 2.09 bits per heavy atom. The van der Waals surface area contributed by atoms with Crippen LogP contribution in [0.15, 0.2) is 11.8 Å². The summed E-state index contributed by atoms with van der Waals surface area (Å²) in [4.78, 5) is 12.8. The number of hydrogen-bond donors (Lipinski definition) is 1. The van der Waals surface area contributed by atoms with E-state index in [1.54, 1.807) is 14.1 Å². The summed E-state index contributed by atoms with van der Waals surface area (Å²) in [5.41, 5.74) is 5.98. The van der Waals surface area contributed by atoms with Crippen molar-refractivity contribution in [3.8, 4) is 0 Å². The molecule has 0 aromatic rings. The molecule has 0 saturated carbocycles. The van der Waals surface area contributed by atoms with E-state index in [0.717, 1.165) is 12.8 Å². The molecule has 0 atom stereocenters. The Labute approximate surface area is 67.9 Å². The Balaban J connectivity index is 4.16. The van der Waals surface area contributed by atoms with Crippen LogP contribution in [0.1, 0.15) is 19.8 Å². The predicted molar refractivity (Wildman–Crippen MR) is 45.9 cm³/mol. The van der Waals surface area contributed by atoms with Gasteiger partial charge in [0.05, 0.1) is 0 Å². The van der Waals surface area contributed by atoms with Crippen LogP contribution in [0.4, 0.5) is 0 Å². The molecule has 0 aliphatic rings. The fraction of sp³-hybridized carbons (Fsp3) is 0.625. The Morgan fingerprint density at radius 1 is 1.55 bits per heavy atom. The third-order valence-corrected chi connectivity index (χ3v) is 1.40. The highest BCUT2D eigenvalue weighted by molar-refractivity contribution is 5.92. The van der Waals surface area contributed by atoms with E-state index in [1.165, 1.54) is 11.1 Å². The molecule has 0 aliphatic heterocycles. The molecule has 3 heteroatoms. The minimum atomic E-state index is 0.00866. The standard InChI is InChI=1S/C8H16N2O/c1-4-5-7(6-9)8(11)10(2)3/h6H,4-5,9H2,1-3H3. The summed E-state index contributed by atoms with van der Waals surface area (Å²) in [6.45, 7) is 2.02. The van der Waals surface area contributed by atoms with Crippen molar-refractivity contribution >= 4 is 5.91 Å². The van der Waals surface area contributed by atoms with Gasteiger partial charge in [-0.05, 0) is 6.42 Å². The lowest BCUT2D eigenvalue weighted by molar-refractivity contribution is -0.124. The van der Waals surface area contributed by atoms with E-state index >= 15 is 0 Å². The van der Waals surface area contributed by atoms with Gasteiger partial charge in [-0.3, -0.25) is 4.79 Å². The predicted octanol–water partition coefficient (Wildman–Crippen LogP) is 0.717. The van der Waals surface area contributed by atoms with E-state index in [4.69, 9.17) is 5.73 Å². The second-order valence-corrected chi connectivity index (χ2v) is 2.64. The molecule has 0 aromatic heterocycles. The van der Waals surface area contributed by atoms with Crippen molar-refractivity contribution in [2.24, 2.45) is 5.73 Å². The lowest BCUT2D eigenvalue weighted by Gasteiger charge is -2.11. The Kier molecular flexibility index (Phi) is 4.34. The van der Waals surface area contributed by atoms with Gasteiger partial charge in [0.15, 0.2) is 0 Å². The molecule has 3 nitrogen and oxygen atoms in total. The number of nitrogens with two attached hydrogens (primary N) is 1. The van der Waals surface area contributed by atoms with Gasteiger partial charge in [0.1, 0.15) is 0 Å². The van der Waals surface area contributed by atoms with E-state index in [2.05, 4.69) is 0 Å². The second kappa shape index (κ2) is 4.77. The van der Waals surface area contributed by atoms with Gasteiger partial charge >= 0.3 is 0 Å². The number of likely N-dealkylation sites (N-methyl/N-ethyl adjacent to an activating group) is 1. The van der Waals surface area contributed by atoms with Gasteiger partial charge in [-0.15, -0.1) is 0 Å². The minimum absolute atomic E-state index is 0.00866. The molecule has 0 fully saturated rings. The lowest BCUT2D eigenvalue weighted by Crippen LogP contribution is -2.24. The summed E-state index contributed by atoms with van der Waals surface area (Å²) < 4.78 is 0. The summed E-state index contributed by atoms with van der Waals surface area (Å²) in [6.07, 6.45) is 3.10. The number of amides is 1. The highest BCUT2D eigenvalue weighted by atomic mass is 16.2. The van der Waals surface area contributed by atoms with Crippen LogP contribution in [0.25, 0.3) is 0 Å². The fourth-order valence-corrected chi connectivity index (χ4v) is 0.818. The Bertz CT molecular complexity index is 161. The number of hydrogen-bond acceptors (Lipinski definition) is 2. The number of rotatable bonds is 3. The summed E-state index contributed by atoms with van der Waals surface area (Å²) in [5.74, 6) is 0.00866. The molecule has 0 unspecified atom stereocenters. The van der Waals surface area contributed by atoms with Crippen LogP contribution < -0.4 is 5.73 Å². The van der Waals surface area contributed by atoms with Gasteiger partial charge in [-0.1, -0.05) is 13.3 Å². The minimum Gasteiger partial charge on any atom is -0.404 e. The van der Waals surface area contributed by atoms with Crippen molar-refractivity contribution in [1.29, 1.82) is 0 Å².